The van der Waals surface area contributed by atoms with Crippen LogP contribution in [-0.2, 0) is 9.47 Å². The van der Waals surface area contributed by atoms with E-state index >= 15 is 0 Å². The lowest BCUT2D eigenvalue weighted by molar-refractivity contribution is -0.213. The predicted molar refractivity (Wildman–Crippen MR) is 69.4 cm³/mol. The van der Waals surface area contributed by atoms with E-state index < -0.39 is 0 Å². The standard InChI is InChI=1S/C14H30O2/c1-9(2)12(7)13(8)14(15-10(3)4)16-11(5)6/h9-14H,1-8H3. The Morgan fingerprint density at radius 1 is 0.562 bits per heavy atom. The quantitative estimate of drug-likeness (QED) is 0.613. The van der Waals surface area contributed by atoms with Gasteiger partial charge in [0.25, 0.3) is 0 Å². The van der Waals surface area contributed by atoms with Crippen molar-refractivity contribution < 1.29 is 9.47 Å². The van der Waals surface area contributed by atoms with Crippen LogP contribution in [0.4, 0.5) is 0 Å². The first kappa shape index (κ1) is 15.9. The van der Waals surface area contributed by atoms with Gasteiger partial charge in [-0.3, -0.25) is 0 Å². The average molecular weight is 230 g/mol. The van der Waals surface area contributed by atoms with Crippen molar-refractivity contribution in [2.75, 3.05) is 0 Å². The fourth-order valence-electron chi connectivity index (χ4n) is 1.67. The van der Waals surface area contributed by atoms with Crippen LogP contribution in [0.3, 0.4) is 0 Å². The molecular weight excluding hydrogens is 200 g/mol. The highest BCUT2D eigenvalue weighted by molar-refractivity contribution is 4.69. The molecule has 2 atom stereocenters. The molecule has 0 spiro atoms. The Labute approximate surface area is 102 Å². The van der Waals surface area contributed by atoms with Gasteiger partial charge < -0.3 is 9.47 Å². The molecule has 0 N–H and O–H groups in total. The summed E-state index contributed by atoms with van der Waals surface area (Å²) in [6.07, 6.45) is 0.341. The fraction of sp³-hybridized carbons (Fsp3) is 1.00. The summed E-state index contributed by atoms with van der Waals surface area (Å²) in [5, 5.41) is 0. The van der Waals surface area contributed by atoms with Crippen molar-refractivity contribution in [3.63, 3.8) is 0 Å². The normalized spacial score (nSPS) is 16.5. The summed E-state index contributed by atoms with van der Waals surface area (Å²) >= 11 is 0. The Morgan fingerprint density at radius 2 is 0.938 bits per heavy atom. The second-order valence-corrected chi connectivity index (χ2v) is 5.70. The van der Waals surface area contributed by atoms with Crippen LogP contribution >= 0.6 is 0 Å². The van der Waals surface area contributed by atoms with Crippen LogP contribution in [0.15, 0.2) is 0 Å². The molecule has 0 amide bonds. The molecule has 0 rings (SSSR count). The molecule has 0 aromatic carbocycles. The lowest BCUT2D eigenvalue weighted by atomic mass is 9.85. The number of hydrogen-bond acceptors (Lipinski definition) is 2. The Bertz CT molecular complexity index is 166. The van der Waals surface area contributed by atoms with Gasteiger partial charge in [0.1, 0.15) is 0 Å². The molecule has 0 bridgehead atoms. The summed E-state index contributed by atoms with van der Waals surface area (Å²) in [5.41, 5.74) is 0. The van der Waals surface area contributed by atoms with E-state index in [1.54, 1.807) is 0 Å². The van der Waals surface area contributed by atoms with Crippen molar-refractivity contribution in [2.45, 2.75) is 73.9 Å². The van der Waals surface area contributed by atoms with Crippen LogP contribution in [0.25, 0.3) is 0 Å². The molecule has 0 aromatic heterocycles. The first-order valence-corrected chi connectivity index (χ1v) is 6.56. The zero-order chi connectivity index (χ0) is 12.9. The Hall–Kier alpha value is -0.0800. The third kappa shape index (κ3) is 5.86. The minimum Gasteiger partial charge on any atom is -0.350 e. The van der Waals surface area contributed by atoms with Crippen LogP contribution in [0.2, 0.25) is 0 Å². The van der Waals surface area contributed by atoms with Gasteiger partial charge in [-0.05, 0) is 39.5 Å². The number of rotatable bonds is 7. The topological polar surface area (TPSA) is 18.5 Å². The minimum atomic E-state index is -0.0857. The van der Waals surface area contributed by atoms with Gasteiger partial charge in [0.2, 0.25) is 0 Å². The van der Waals surface area contributed by atoms with Gasteiger partial charge in [-0.2, -0.15) is 0 Å². The highest BCUT2D eigenvalue weighted by Gasteiger charge is 2.27. The molecule has 0 heterocycles. The minimum absolute atomic E-state index is 0.0857. The SMILES string of the molecule is CC(C)OC(OC(C)C)C(C)C(C)C(C)C. The van der Waals surface area contributed by atoms with Gasteiger partial charge in [0.15, 0.2) is 6.29 Å². The molecule has 2 unspecified atom stereocenters. The highest BCUT2D eigenvalue weighted by Crippen LogP contribution is 2.26. The molecule has 98 valence electrons. The smallest absolute Gasteiger partial charge is 0.161 e. The Kier molecular flexibility index (Phi) is 7.25. The van der Waals surface area contributed by atoms with Crippen LogP contribution in [0.5, 0.6) is 0 Å². The molecule has 2 heteroatoms. The third-order valence-electron chi connectivity index (χ3n) is 3.12. The largest absolute Gasteiger partial charge is 0.350 e. The van der Waals surface area contributed by atoms with Crippen molar-refractivity contribution in [3.05, 3.63) is 0 Å². The van der Waals surface area contributed by atoms with Gasteiger partial charge in [-0.25, -0.2) is 0 Å². The molecule has 0 aromatic rings. The van der Waals surface area contributed by atoms with Crippen molar-refractivity contribution in [1.82, 2.24) is 0 Å². The second-order valence-electron chi connectivity index (χ2n) is 5.70. The molecule has 2 nitrogen and oxygen atoms in total. The Morgan fingerprint density at radius 3 is 1.19 bits per heavy atom. The van der Waals surface area contributed by atoms with Crippen molar-refractivity contribution in [1.29, 1.82) is 0 Å². The van der Waals surface area contributed by atoms with E-state index in [-0.39, 0.29) is 18.5 Å². The maximum absolute atomic E-state index is 5.87. The number of hydrogen-bond donors (Lipinski definition) is 0. The lowest BCUT2D eigenvalue weighted by Crippen LogP contribution is -2.35. The fourth-order valence-corrected chi connectivity index (χ4v) is 1.67. The van der Waals surface area contributed by atoms with Gasteiger partial charge in [-0.15, -0.1) is 0 Å². The van der Waals surface area contributed by atoms with Crippen molar-refractivity contribution >= 4 is 0 Å². The summed E-state index contributed by atoms with van der Waals surface area (Å²) in [7, 11) is 0. The van der Waals surface area contributed by atoms with Gasteiger partial charge in [0, 0.05) is 5.92 Å². The molecular formula is C14H30O2. The first-order chi connectivity index (χ1) is 7.25. The molecule has 0 aliphatic heterocycles. The summed E-state index contributed by atoms with van der Waals surface area (Å²) in [5.74, 6) is 1.68. The van der Waals surface area contributed by atoms with Crippen molar-refractivity contribution in [3.8, 4) is 0 Å². The van der Waals surface area contributed by atoms with Gasteiger partial charge in [-0.1, -0.05) is 27.7 Å². The number of ether oxygens (including phenoxy) is 2. The summed E-state index contributed by atoms with van der Waals surface area (Å²) in [6.45, 7) is 17.2. The molecule has 0 radical (unpaired) electrons. The van der Waals surface area contributed by atoms with Crippen LogP contribution in [0, 0.1) is 17.8 Å². The second kappa shape index (κ2) is 7.29. The van der Waals surface area contributed by atoms with E-state index in [2.05, 4.69) is 55.4 Å². The van der Waals surface area contributed by atoms with Crippen molar-refractivity contribution in [2.24, 2.45) is 17.8 Å². The molecule has 0 aliphatic rings. The van der Waals surface area contributed by atoms with Crippen LogP contribution in [0.1, 0.15) is 55.4 Å². The first-order valence-electron chi connectivity index (χ1n) is 6.56. The monoisotopic (exact) mass is 230 g/mol. The zero-order valence-corrected chi connectivity index (χ0v) is 12.3. The van der Waals surface area contributed by atoms with Crippen LogP contribution < -0.4 is 0 Å². The van der Waals surface area contributed by atoms with Gasteiger partial charge >= 0.3 is 0 Å². The van der Waals surface area contributed by atoms with E-state index in [4.69, 9.17) is 9.47 Å². The maximum atomic E-state index is 5.87. The molecule has 0 saturated heterocycles. The van der Waals surface area contributed by atoms with E-state index in [1.165, 1.54) is 0 Å². The van der Waals surface area contributed by atoms with E-state index in [1.807, 2.05) is 0 Å². The van der Waals surface area contributed by atoms with Crippen LogP contribution in [-0.4, -0.2) is 18.5 Å². The highest BCUT2D eigenvalue weighted by atomic mass is 16.7. The summed E-state index contributed by atoms with van der Waals surface area (Å²) in [4.78, 5) is 0. The van der Waals surface area contributed by atoms with Gasteiger partial charge in [0.05, 0.1) is 12.2 Å². The third-order valence-corrected chi connectivity index (χ3v) is 3.12. The maximum Gasteiger partial charge on any atom is 0.161 e. The zero-order valence-electron chi connectivity index (χ0n) is 12.3. The lowest BCUT2D eigenvalue weighted by Gasteiger charge is -2.33. The Balaban J connectivity index is 4.47. The summed E-state index contributed by atoms with van der Waals surface area (Å²) < 4.78 is 11.7. The molecule has 0 fully saturated rings. The molecule has 0 aliphatic carbocycles. The predicted octanol–water partition coefficient (Wildman–Crippen LogP) is 4.09. The average Bonchev–Trinajstić information content (AvgIpc) is 2.12. The summed E-state index contributed by atoms with van der Waals surface area (Å²) in [6, 6.07) is 0. The molecule has 16 heavy (non-hydrogen) atoms. The van der Waals surface area contributed by atoms with E-state index in [9.17, 15) is 0 Å². The molecule has 0 saturated carbocycles. The van der Waals surface area contributed by atoms with E-state index in [0.717, 1.165) is 0 Å². The van der Waals surface area contributed by atoms with E-state index in [0.29, 0.717) is 17.8 Å².